The van der Waals surface area contributed by atoms with Crippen LogP contribution >= 0.6 is 11.6 Å². The summed E-state index contributed by atoms with van der Waals surface area (Å²) in [6, 6.07) is 14.5. The van der Waals surface area contributed by atoms with E-state index in [1.54, 1.807) is 18.2 Å². The molecule has 3 aliphatic rings. The molecule has 7 nitrogen and oxygen atoms in total. The van der Waals surface area contributed by atoms with E-state index in [1.165, 1.54) is 12.0 Å². The number of amides is 3. The zero-order chi connectivity index (χ0) is 21.8. The highest BCUT2D eigenvalue weighted by atomic mass is 35.5. The van der Waals surface area contributed by atoms with Crippen molar-refractivity contribution in [1.82, 2.24) is 10.2 Å². The number of methoxy groups -OCH3 is 1. The normalized spacial score (nSPS) is 28.9. The smallest absolute Gasteiger partial charge is 0.250 e. The number of nitrogens with zero attached hydrogens (tertiary/aromatic N) is 1. The Labute approximate surface area is 184 Å². The molecule has 2 aromatic rings. The molecule has 3 amide bonds. The van der Waals surface area contributed by atoms with Crippen molar-refractivity contribution < 1.29 is 19.1 Å². The highest BCUT2D eigenvalue weighted by molar-refractivity contribution is 6.31. The van der Waals surface area contributed by atoms with Gasteiger partial charge in [0.2, 0.25) is 17.7 Å². The fourth-order valence-corrected chi connectivity index (χ4v) is 5.45. The van der Waals surface area contributed by atoms with Crippen LogP contribution in [0.15, 0.2) is 48.5 Å². The second-order valence-electron chi connectivity index (χ2n) is 8.22. The van der Waals surface area contributed by atoms with Crippen molar-refractivity contribution in [2.24, 2.45) is 11.8 Å². The lowest BCUT2D eigenvalue weighted by Crippen LogP contribution is -2.53. The number of hydrogen-bond acceptors (Lipinski definition) is 5. The molecule has 31 heavy (non-hydrogen) atoms. The van der Waals surface area contributed by atoms with E-state index in [-0.39, 0.29) is 36.9 Å². The second-order valence-corrected chi connectivity index (χ2v) is 8.65. The minimum atomic E-state index is -1.33. The molecule has 8 heteroatoms. The van der Waals surface area contributed by atoms with Crippen LogP contribution in [0.25, 0.3) is 0 Å². The van der Waals surface area contributed by atoms with Gasteiger partial charge in [-0.3, -0.25) is 24.6 Å². The maximum Gasteiger partial charge on any atom is 0.250 e. The lowest BCUT2D eigenvalue weighted by atomic mass is 9.76. The number of likely N-dealkylation sites (tertiary alicyclic amines) is 1. The van der Waals surface area contributed by atoms with E-state index in [0.717, 1.165) is 5.56 Å². The third kappa shape index (κ3) is 2.91. The van der Waals surface area contributed by atoms with E-state index in [1.807, 2.05) is 30.3 Å². The predicted octanol–water partition coefficient (Wildman–Crippen LogP) is 1.95. The third-order valence-electron chi connectivity index (χ3n) is 6.59. The molecule has 3 heterocycles. The van der Waals surface area contributed by atoms with Crippen molar-refractivity contribution in [1.29, 1.82) is 0 Å². The van der Waals surface area contributed by atoms with Crippen molar-refractivity contribution in [3.8, 4) is 0 Å². The first-order valence-corrected chi connectivity index (χ1v) is 10.6. The van der Waals surface area contributed by atoms with E-state index < -0.39 is 17.4 Å². The van der Waals surface area contributed by atoms with Gasteiger partial charge in [-0.1, -0.05) is 41.9 Å². The van der Waals surface area contributed by atoms with Gasteiger partial charge >= 0.3 is 0 Å². The molecule has 0 saturated carbocycles. The van der Waals surface area contributed by atoms with Gasteiger partial charge in [-0.2, -0.15) is 0 Å². The monoisotopic (exact) mass is 439 g/mol. The zero-order valence-electron chi connectivity index (χ0n) is 16.9. The largest absolute Gasteiger partial charge is 0.383 e. The van der Waals surface area contributed by atoms with Crippen molar-refractivity contribution in [3.63, 3.8) is 0 Å². The molecule has 4 unspecified atom stereocenters. The van der Waals surface area contributed by atoms with Crippen LogP contribution in [0.1, 0.15) is 11.1 Å². The van der Waals surface area contributed by atoms with Gasteiger partial charge < -0.3 is 10.1 Å². The van der Waals surface area contributed by atoms with E-state index in [0.29, 0.717) is 22.7 Å². The van der Waals surface area contributed by atoms with Crippen LogP contribution < -0.4 is 10.6 Å². The van der Waals surface area contributed by atoms with Crippen LogP contribution in [0, 0.1) is 11.8 Å². The maximum atomic E-state index is 13.5. The van der Waals surface area contributed by atoms with Crippen LogP contribution in [0.3, 0.4) is 0 Å². The lowest BCUT2D eigenvalue weighted by molar-refractivity contribution is -0.143. The number of anilines is 1. The van der Waals surface area contributed by atoms with Crippen LogP contribution in [0.5, 0.6) is 0 Å². The molecule has 0 bridgehead atoms. The first-order valence-electron chi connectivity index (χ1n) is 10.2. The standard InChI is InChI=1S/C23H22ClN3O4/c1-31-10-9-27-20(28)18-17(11-13-5-3-2-4-6-13)26-23(19(18)21(27)29)15-12-14(24)7-8-16(15)25-22(23)30/h2-8,12,17-19,26H,9-11H2,1H3,(H,25,30). The summed E-state index contributed by atoms with van der Waals surface area (Å²) >= 11 is 6.26. The first kappa shape index (κ1) is 20.2. The van der Waals surface area contributed by atoms with Gasteiger partial charge in [0.15, 0.2) is 0 Å². The number of carbonyl (C=O) groups is 3. The molecule has 0 aromatic heterocycles. The second kappa shape index (κ2) is 7.44. The molecule has 5 rings (SSSR count). The Morgan fingerprint density at radius 1 is 1.10 bits per heavy atom. The quantitative estimate of drug-likeness (QED) is 0.695. The van der Waals surface area contributed by atoms with Crippen molar-refractivity contribution in [3.05, 3.63) is 64.7 Å². The van der Waals surface area contributed by atoms with Crippen molar-refractivity contribution in [2.45, 2.75) is 18.0 Å². The Kier molecular flexibility index (Phi) is 4.84. The Morgan fingerprint density at radius 3 is 2.61 bits per heavy atom. The van der Waals surface area contributed by atoms with Gasteiger partial charge in [-0.05, 0) is 30.2 Å². The number of imide groups is 1. The molecule has 0 radical (unpaired) electrons. The average Bonchev–Trinajstić information content (AvgIpc) is 3.33. The molecule has 2 N–H and O–H groups in total. The van der Waals surface area contributed by atoms with Crippen LogP contribution in [-0.2, 0) is 31.1 Å². The predicted molar refractivity (Wildman–Crippen MR) is 114 cm³/mol. The molecule has 2 fully saturated rings. The number of carbonyl (C=O) groups excluding carboxylic acids is 3. The van der Waals surface area contributed by atoms with Gasteiger partial charge in [-0.25, -0.2) is 0 Å². The molecular formula is C23H22ClN3O4. The Balaban J connectivity index is 1.62. The highest BCUT2D eigenvalue weighted by Crippen LogP contribution is 2.53. The topological polar surface area (TPSA) is 87.7 Å². The molecule has 4 atom stereocenters. The molecule has 160 valence electrons. The molecule has 0 aliphatic carbocycles. The zero-order valence-corrected chi connectivity index (χ0v) is 17.7. The van der Waals surface area contributed by atoms with Gasteiger partial charge in [0.25, 0.3) is 0 Å². The van der Waals surface area contributed by atoms with Gasteiger partial charge in [0, 0.05) is 29.4 Å². The van der Waals surface area contributed by atoms with E-state index in [9.17, 15) is 14.4 Å². The highest BCUT2D eigenvalue weighted by Gasteiger charge is 2.70. The summed E-state index contributed by atoms with van der Waals surface area (Å²) in [7, 11) is 1.52. The number of fused-ring (bicyclic) bond motifs is 4. The summed E-state index contributed by atoms with van der Waals surface area (Å²) < 4.78 is 5.10. The van der Waals surface area contributed by atoms with E-state index >= 15 is 0 Å². The maximum absolute atomic E-state index is 13.5. The minimum absolute atomic E-state index is 0.166. The van der Waals surface area contributed by atoms with Gasteiger partial charge in [0.1, 0.15) is 5.54 Å². The molecular weight excluding hydrogens is 418 g/mol. The molecule has 1 spiro atoms. The summed E-state index contributed by atoms with van der Waals surface area (Å²) in [4.78, 5) is 41.5. The van der Waals surface area contributed by atoms with Crippen LogP contribution in [0.2, 0.25) is 5.02 Å². The fourth-order valence-electron chi connectivity index (χ4n) is 5.28. The number of nitrogens with one attached hydrogen (secondary N) is 2. The lowest BCUT2D eigenvalue weighted by Gasteiger charge is -2.29. The van der Waals surface area contributed by atoms with E-state index in [4.69, 9.17) is 16.3 Å². The van der Waals surface area contributed by atoms with E-state index in [2.05, 4.69) is 10.6 Å². The summed E-state index contributed by atoms with van der Waals surface area (Å²) in [5.74, 6) is -2.44. The molecule has 2 saturated heterocycles. The van der Waals surface area contributed by atoms with Crippen molar-refractivity contribution in [2.75, 3.05) is 25.6 Å². The summed E-state index contributed by atoms with van der Waals surface area (Å²) in [6.07, 6.45) is 0.518. The summed E-state index contributed by atoms with van der Waals surface area (Å²) in [6.45, 7) is 0.411. The number of benzene rings is 2. The Hall–Kier alpha value is -2.74. The minimum Gasteiger partial charge on any atom is -0.383 e. The summed E-state index contributed by atoms with van der Waals surface area (Å²) in [5.41, 5.74) is 0.914. The Bertz CT molecular complexity index is 1080. The number of ether oxygens (including phenoxy) is 1. The third-order valence-corrected chi connectivity index (χ3v) is 6.82. The van der Waals surface area contributed by atoms with Crippen LogP contribution in [0.4, 0.5) is 5.69 Å². The van der Waals surface area contributed by atoms with Crippen molar-refractivity contribution >= 4 is 35.0 Å². The van der Waals surface area contributed by atoms with Crippen LogP contribution in [-0.4, -0.2) is 48.9 Å². The summed E-state index contributed by atoms with van der Waals surface area (Å²) in [5, 5.41) is 6.76. The Morgan fingerprint density at radius 2 is 1.87 bits per heavy atom. The molecule has 2 aromatic carbocycles. The number of halogens is 1. The number of rotatable bonds is 5. The first-order chi connectivity index (χ1) is 15.0. The fraction of sp³-hybridized carbons (Fsp3) is 0.348. The van der Waals surface area contributed by atoms with Gasteiger partial charge in [-0.15, -0.1) is 0 Å². The SMILES string of the molecule is COCCN1C(=O)C2C(Cc3ccccc3)NC3(C(=O)Nc4ccc(Cl)cc43)C2C1=O. The average molecular weight is 440 g/mol. The molecule has 3 aliphatic heterocycles. The van der Waals surface area contributed by atoms with Gasteiger partial charge in [0.05, 0.1) is 25.0 Å². The number of hydrogen-bond donors (Lipinski definition) is 2.